The van der Waals surface area contributed by atoms with Gasteiger partial charge in [0.15, 0.2) is 5.82 Å². The van der Waals surface area contributed by atoms with Crippen LogP contribution in [0.15, 0.2) is 42.5 Å². The Morgan fingerprint density at radius 1 is 1.29 bits per heavy atom. The average Bonchev–Trinajstić information content (AvgIpc) is 3.22. The first-order valence-electron chi connectivity index (χ1n) is 10.8. The number of fused-ring (bicyclic) bond motifs is 1. The summed E-state index contributed by atoms with van der Waals surface area (Å²) >= 11 is 1.18. The van der Waals surface area contributed by atoms with Crippen LogP contribution in [0.3, 0.4) is 0 Å². The van der Waals surface area contributed by atoms with Crippen molar-refractivity contribution in [3.05, 3.63) is 58.7 Å². The Labute approximate surface area is 204 Å². The number of carbonyl (C=O) groups excluding carboxylic acids is 1. The van der Waals surface area contributed by atoms with Gasteiger partial charge in [-0.05, 0) is 48.2 Å². The second kappa shape index (κ2) is 10.7. The van der Waals surface area contributed by atoms with E-state index in [0.29, 0.717) is 5.69 Å². The average molecular weight is 521 g/mol. The summed E-state index contributed by atoms with van der Waals surface area (Å²) in [7, 11) is -2.32. The molecule has 35 heavy (non-hydrogen) atoms. The van der Waals surface area contributed by atoms with Crippen molar-refractivity contribution < 1.29 is 37.6 Å². The second-order valence-electron chi connectivity index (χ2n) is 8.19. The number of rotatable bonds is 9. The van der Waals surface area contributed by atoms with Crippen LogP contribution in [0.25, 0.3) is 10.1 Å². The second-order valence-corrected chi connectivity index (χ2v) is 10.4. The first-order valence-corrected chi connectivity index (χ1v) is 12.9. The highest BCUT2D eigenvalue weighted by molar-refractivity contribution is 7.45. The molecule has 1 heterocycles. The molecule has 0 spiro atoms. The first kappa shape index (κ1) is 25.0. The van der Waals surface area contributed by atoms with Gasteiger partial charge in [0, 0.05) is 35.7 Å². The molecule has 3 aromatic rings. The number of carboxylic acids is 1. The lowest BCUT2D eigenvalue weighted by atomic mass is 9.94. The van der Waals surface area contributed by atoms with Gasteiger partial charge in [-0.1, -0.05) is 6.07 Å². The Kier molecular flexibility index (Phi) is 7.64. The van der Waals surface area contributed by atoms with E-state index in [0.717, 1.165) is 21.7 Å². The number of alkyl halides is 1. The fourth-order valence-electron chi connectivity index (χ4n) is 3.48. The number of anilines is 1. The third kappa shape index (κ3) is 6.33. The van der Waals surface area contributed by atoms with Gasteiger partial charge in [0.2, 0.25) is 5.75 Å². The minimum Gasteiger partial charge on any atom is -0.595 e. The van der Waals surface area contributed by atoms with Crippen molar-refractivity contribution in [3.63, 3.8) is 0 Å². The number of aromatic carboxylic acids is 1. The van der Waals surface area contributed by atoms with Gasteiger partial charge in [0.25, 0.3) is 8.00 Å². The maximum atomic E-state index is 14.5. The molecule has 184 valence electrons. The molecule has 1 aliphatic carbocycles. The van der Waals surface area contributed by atoms with E-state index >= 15 is 0 Å². The molecule has 2 aromatic carbocycles. The van der Waals surface area contributed by atoms with Gasteiger partial charge in [-0.25, -0.2) is 18.4 Å². The monoisotopic (exact) mass is 521 g/mol. The molecule has 1 saturated carbocycles. The van der Waals surface area contributed by atoms with E-state index in [1.807, 2.05) is 6.07 Å². The molecule has 4 rings (SSSR count). The molecule has 1 aromatic heterocycles. The Bertz CT molecular complexity index is 1290. The number of benzene rings is 2. The van der Waals surface area contributed by atoms with Crippen molar-refractivity contribution in [3.8, 4) is 5.75 Å². The lowest BCUT2D eigenvalue weighted by molar-refractivity contribution is -0.165. The normalized spacial score (nSPS) is 18.6. The van der Waals surface area contributed by atoms with Crippen LogP contribution >= 0.6 is 19.3 Å². The quantitative estimate of drug-likeness (QED) is 0.311. The number of hydrogen-bond donors (Lipinski definition) is 2. The molecule has 0 amide bonds. The largest absolute Gasteiger partial charge is 0.595 e. The van der Waals surface area contributed by atoms with Crippen LogP contribution in [-0.2, 0) is 16.0 Å². The number of hydrogen-bond acceptors (Lipinski definition) is 7. The van der Waals surface area contributed by atoms with Crippen LogP contribution in [-0.4, -0.2) is 41.2 Å². The smallest absolute Gasteiger partial charge is 0.345 e. The predicted octanol–water partition coefficient (Wildman–Crippen LogP) is 4.68. The highest BCUT2D eigenvalue weighted by Gasteiger charge is 2.33. The molecule has 0 aliphatic heterocycles. The minimum atomic E-state index is -2.32. The van der Waals surface area contributed by atoms with Crippen molar-refractivity contribution in [1.82, 2.24) is 0 Å². The minimum absolute atomic E-state index is 0.197. The predicted molar refractivity (Wildman–Crippen MR) is 130 cm³/mol. The van der Waals surface area contributed by atoms with Gasteiger partial charge in [-0.2, -0.15) is 0 Å². The fourth-order valence-corrected chi connectivity index (χ4v) is 5.14. The van der Waals surface area contributed by atoms with E-state index < -0.39 is 44.1 Å². The van der Waals surface area contributed by atoms with Crippen LogP contribution in [0.4, 0.5) is 14.5 Å². The molecule has 2 N–H and O–H groups in total. The molecule has 0 radical (unpaired) electrons. The van der Waals surface area contributed by atoms with Gasteiger partial charge in [0.05, 0.1) is 0 Å². The zero-order valence-electron chi connectivity index (χ0n) is 18.6. The number of thiophene rings is 1. The summed E-state index contributed by atoms with van der Waals surface area (Å²) in [5.41, 5.74) is 1.12. The molecular weight excluding hydrogens is 499 g/mol. The summed E-state index contributed by atoms with van der Waals surface area (Å²) in [5, 5.41) is 12.7. The third-order valence-corrected chi connectivity index (χ3v) is 7.41. The van der Waals surface area contributed by atoms with Gasteiger partial charge in [0.1, 0.15) is 29.0 Å². The Morgan fingerprint density at radius 2 is 2.06 bits per heavy atom. The van der Waals surface area contributed by atoms with Crippen molar-refractivity contribution in [2.24, 2.45) is 0 Å². The lowest BCUT2D eigenvalue weighted by Gasteiger charge is -2.30. The molecule has 1 unspecified atom stereocenters. The summed E-state index contributed by atoms with van der Waals surface area (Å²) in [6, 6.07) is 10.1. The van der Waals surface area contributed by atoms with Crippen LogP contribution in [0.1, 0.15) is 35.0 Å². The fraction of sp³-hybridized carbons (Fsp3) is 0.292. The maximum Gasteiger partial charge on any atom is 0.345 e. The van der Waals surface area contributed by atoms with Crippen LogP contribution in [0.5, 0.6) is 5.75 Å². The number of carbonyl (C=O) groups is 2. The third-order valence-electron chi connectivity index (χ3n) is 5.44. The van der Waals surface area contributed by atoms with Crippen molar-refractivity contribution in [2.45, 2.75) is 44.5 Å². The first-order chi connectivity index (χ1) is 16.7. The van der Waals surface area contributed by atoms with Crippen molar-refractivity contribution >= 4 is 52.8 Å². The topological polar surface area (TPSA) is 108 Å². The van der Waals surface area contributed by atoms with E-state index in [2.05, 4.69) is 5.32 Å². The molecule has 0 saturated heterocycles. The van der Waals surface area contributed by atoms with E-state index in [-0.39, 0.29) is 29.9 Å². The zero-order chi connectivity index (χ0) is 25.1. The number of esters is 1. The van der Waals surface area contributed by atoms with E-state index in [4.69, 9.17) is 14.4 Å². The molecule has 7 nitrogen and oxygen atoms in total. The number of carboxylic acid groups (broad SMARTS) is 1. The van der Waals surface area contributed by atoms with Gasteiger partial charge < -0.3 is 20.1 Å². The standard InChI is InChI=1S/C24H22F2NO6PS/c1-13(24(30)32-18-10-16(25)11-18)27-17-3-4-20(19(26)12-17)33-34(31)7-6-14-2-5-21-15(8-14)9-22(35-21)23(28)29/h2-5,7-9,12-13,16,18,27H,6,10-11H2,1H3,(H,28,29)/t13-,16?,18?/m0/s1. The highest BCUT2D eigenvalue weighted by atomic mass is 32.1. The van der Waals surface area contributed by atoms with E-state index in [1.165, 1.54) is 29.3 Å². The molecule has 11 heteroatoms. The van der Waals surface area contributed by atoms with Crippen LogP contribution in [0, 0.1) is 5.82 Å². The molecule has 1 aliphatic rings. The molecule has 0 bridgehead atoms. The number of nitrogens with one attached hydrogen (secondary N) is 1. The number of ether oxygens (including phenoxy) is 1. The summed E-state index contributed by atoms with van der Waals surface area (Å²) in [6.45, 7) is 1.55. The van der Waals surface area contributed by atoms with Gasteiger partial charge >= 0.3 is 11.9 Å². The highest BCUT2D eigenvalue weighted by Crippen LogP contribution is 2.30. The summed E-state index contributed by atoms with van der Waals surface area (Å²) in [6.07, 6.45) is -0.672. The van der Waals surface area contributed by atoms with E-state index in [1.54, 1.807) is 25.1 Å². The van der Waals surface area contributed by atoms with Crippen LogP contribution in [0.2, 0.25) is 0 Å². The zero-order valence-corrected chi connectivity index (χ0v) is 20.3. The number of halogens is 2. The summed E-state index contributed by atoms with van der Waals surface area (Å²) in [4.78, 5) is 35.7. The molecule has 1 fully saturated rings. The Hall–Kier alpha value is -3.07. The Morgan fingerprint density at radius 3 is 2.74 bits per heavy atom. The Balaban J connectivity index is 1.33. The maximum absolute atomic E-state index is 14.5. The van der Waals surface area contributed by atoms with Crippen molar-refractivity contribution in [1.29, 1.82) is 0 Å². The van der Waals surface area contributed by atoms with Gasteiger partial charge in [-0.15, -0.1) is 11.3 Å². The van der Waals surface area contributed by atoms with E-state index in [9.17, 15) is 23.3 Å². The molecular formula is C24H22F2NO6PS. The van der Waals surface area contributed by atoms with Crippen LogP contribution < -0.4 is 14.7 Å². The lowest BCUT2D eigenvalue weighted by Crippen LogP contribution is -2.38. The SMILES string of the molecule is C[C@H](Nc1ccc(O/[P+]([O-])=C/Cc2ccc3sc(C(=O)O)cc3c2)c(F)c1)C(=O)OC1CC(F)C1. The van der Waals surface area contributed by atoms with Crippen molar-refractivity contribution in [2.75, 3.05) is 5.32 Å². The molecule has 2 atom stereocenters. The summed E-state index contributed by atoms with van der Waals surface area (Å²) in [5.74, 6) is -1.09. The summed E-state index contributed by atoms with van der Waals surface area (Å²) < 4.78 is 38.6. The van der Waals surface area contributed by atoms with Gasteiger partial charge in [-0.3, -0.25) is 4.52 Å².